The van der Waals surface area contributed by atoms with Gasteiger partial charge in [-0.1, -0.05) is 42.0 Å². The third-order valence-electron chi connectivity index (χ3n) is 4.11. The van der Waals surface area contributed by atoms with E-state index in [1.54, 1.807) is 0 Å². The molecule has 2 rings (SSSR count). The smallest absolute Gasteiger partial charge is 0.244 e. The van der Waals surface area contributed by atoms with E-state index in [4.69, 9.17) is 0 Å². The lowest BCUT2D eigenvalue weighted by Crippen LogP contribution is -2.48. The topological polar surface area (TPSA) is 66.5 Å². The van der Waals surface area contributed by atoms with Gasteiger partial charge >= 0.3 is 0 Å². The first-order valence-electron chi connectivity index (χ1n) is 8.22. The molecule has 5 nitrogen and oxygen atoms in total. The highest BCUT2D eigenvalue weighted by atomic mass is 32.2. The summed E-state index contributed by atoms with van der Waals surface area (Å²) in [6.07, 6.45) is 0.951. The largest absolute Gasteiger partial charge is 0.348 e. The molecular weight excluding hydrogens is 355 g/mol. The minimum atomic E-state index is -3.86. The number of rotatable bonds is 6. The molecule has 0 aliphatic rings. The van der Waals surface area contributed by atoms with Gasteiger partial charge in [0.2, 0.25) is 15.9 Å². The maximum absolute atomic E-state index is 14.1. The van der Waals surface area contributed by atoms with Gasteiger partial charge in [-0.3, -0.25) is 9.10 Å². The number of sulfonamides is 1. The SMILES string of the molecule is Cc1ccc([C@H](C)NC(=O)[C@@H](C)N(c2ccccc2F)S(C)(=O)=O)cc1. The van der Waals surface area contributed by atoms with E-state index in [0.717, 1.165) is 27.8 Å². The molecule has 0 unspecified atom stereocenters. The van der Waals surface area contributed by atoms with Gasteiger partial charge in [-0.2, -0.15) is 0 Å². The molecule has 7 heteroatoms. The van der Waals surface area contributed by atoms with E-state index in [1.165, 1.54) is 25.1 Å². The molecule has 0 aliphatic carbocycles. The Bertz CT molecular complexity index is 882. The number of benzene rings is 2. The number of aryl methyl sites for hydroxylation is 1. The fourth-order valence-corrected chi connectivity index (χ4v) is 3.86. The molecule has 0 saturated carbocycles. The Kier molecular flexibility index (Phi) is 6.02. The Balaban J connectivity index is 2.25. The number of amides is 1. The molecule has 0 radical (unpaired) electrons. The molecule has 1 N–H and O–H groups in total. The van der Waals surface area contributed by atoms with E-state index in [2.05, 4.69) is 5.32 Å². The molecule has 2 atom stereocenters. The number of halogens is 1. The normalized spacial score (nSPS) is 13.7. The second-order valence-corrected chi connectivity index (χ2v) is 8.19. The summed E-state index contributed by atoms with van der Waals surface area (Å²) in [5.41, 5.74) is 1.84. The molecule has 0 heterocycles. The molecule has 0 fully saturated rings. The molecule has 0 aromatic heterocycles. The quantitative estimate of drug-likeness (QED) is 0.840. The summed E-state index contributed by atoms with van der Waals surface area (Å²) in [6, 6.07) is 11.7. The Morgan fingerprint density at radius 3 is 2.19 bits per heavy atom. The van der Waals surface area contributed by atoms with Crippen LogP contribution in [-0.4, -0.2) is 26.6 Å². The Labute approximate surface area is 153 Å². The number of carbonyl (C=O) groups is 1. The summed E-state index contributed by atoms with van der Waals surface area (Å²) in [5.74, 6) is -1.21. The van der Waals surface area contributed by atoms with Crippen molar-refractivity contribution in [3.8, 4) is 0 Å². The van der Waals surface area contributed by atoms with Gasteiger partial charge in [0.1, 0.15) is 11.9 Å². The van der Waals surface area contributed by atoms with Gasteiger partial charge in [0, 0.05) is 0 Å². The monoisotopic (exact) mass is 378 g/mol. The fourth-order valence-electron chi connectivity index (χ4n) is 2.68. The summed E-state index contributed by atoms with van der Waals surface area (Å²) >= 11 is 0. The average Bonchev–Trinajstić information content (AvgIpc) is 2.56. The number of nitrogens with one attached hydrogen (secondary N) is 1. The Morgan fingerprint density at radius 1 is 1.08 bits per heavy atom. The molecular formula is C19H23FN2O3S. The highest BCUT2D eigenvalue weighted by Crippen LogP contribution is 2.24. The molecule has 1 amide bonds. The summed E-state index contributed by atoms with van der Waals surface area (Å²) in [6.45, 7) is 5.21. The van der Waals surface area contributed by atoms with Crippen molar-refractivity contribution in [2.24, 2.45) is 0 Å². The summed E-state index contributed by atoms with van der Waals surface area (Å²) in [7, 11) is -3.86. The van der Waals surface area contributed by atoms with Gasteiger partial charge in [0.05, 0.1) is 18.0 Å². The van der Waals surface area contributed by atoms with Gasteiger partial charge in [0.25, 0.3) is 0 Å². The van der Waals surface area contributed by atoms with E-state index in [1.807, 2.05) is 38.1 Å². The number of carbonyl (C=O) groups excluding carboxylic acids is 1. The predicted molar refractivity (Wildman–Crippen MR) is 101 cm³/mol. The highest BCUT2D eigenvalue weighted by molar-refractivity contribution is 7.92. The van der Waals surface area contributed by atoms with E-state index < -0.39 is 27.8 Å². The first kappa shape index (κ1) is 19.9. The highest BCUT2D eigenvalue weighted by Gasteiger charge is 2.31. The summed E-state index contributed by atoms with van der Waals surface area (Å²) in [5, 5.41) is 2.79. The summed E-state index contributed by atoms with van der Waals surface area (Å²) in [4.78, 5) is 12.6. The van der Waals surface area contributed by atoms with E-state index in [0.29, 0.717) is 0 Å². The molecule has 0 aliphatic heterocycles. The standard InChI is InChI=1S/C19H23FN2O3S/c1-13-9-11-16(12-10-13)14(2)21-19(23)15(3)22(26(4,24)25)18-8-6-5-7-17(18)20/h5-12,14-15H,1-4H3,(H,21,23)/t14-,15+/m0/s1. The van der Waals surface area contributed by atoms with Crippen molar-refractivity contribution in [2.75, 3.05) is 10.6 Å². The maximum atomic E-state index is 14.1. The zero-order chi connectivity index (χ0) is 19.5. The maximum Gasteiger partial charge on any atom is 0.244 e. The van der Waals surface area contributed by atoms with E-state index in [-0.39, 0.29) is 11.7 Å². The third kappa shape index (κ3) is 4.60. The van der Waals surface area contributed by atoms with Crippen molar-refractivity contribution in [3.63, 3.8) is 0 Å². The average molecular weight is 378 g/mol. The van der Waals surface area contributed by atoms with Crippen LogP contribution in [-0.2, 0) is 14.8 Å². The third-order valence-corrected chi connectivity index (χ3v) is 5.34. The van der Waals surface area contributed by atoms with Gasteiger partial charge < -0.3 is 5.32 Å². The van der Waals surface area contributed by atoms with Gasteiger partial charge in [-0.15, -0.1) is 0 Å². The fraction of sp³-hybridized carbons (Fsp3) is 0.316. The second kappa shape index (κ2) is 7.86. The van der Waals surface area contributed by atoms with Crippen LogP contribution < -0.4 is 9.62 Å². The van der Waals surface area contributed by atoms with Crippen LogP contribution in [0, 0.1) is 12.7 Å². The van der Waals surface area contributed by atoms with Crippen LogP contribution in [0.1, 0.15) is 31.0 Å². The van der Waals surface area contributed by atoms with Gasteiger partial charge in [0.15, 0.2) is 0 Å². The van der Waals surface area contributed by atoms with E-state index in [9.17, 15) is 17.6 Å². The van der Waals surface area contributed by atoms with Gasteiger partial charge in [-0.25, -0.2) is 12.8 Å². The van der Waals surface area contributed by atoms with Crippen LogP contribution in [0.3, 0.4) is 0 Å². The number of hydrogen-bond acceptors (Lipinski definition) is 3. The predicted octanol–water partition coefficient (Wildman–Crippen LogP) is 3.17. The molecule has 0 saturated heterocycles. The Morgan fingerprint density at radius 2 is 1.65 bits per heavy atom. The van der Waals surface area contributed by atoms with Crippen LogP contribution >= 0.6 is 0 Å². The molecule has 26 heavy (non-hydrogen) atoms. The van der Waals surface area contributed by atoms with Crippen LogP contribution in [0.2, 0.25) is 0 Å². The van der Waals surface area contributed by atoms with Crippen LogP contribution in [0.15, 0.2) is 48.5 Å². The number of anilines is 1. The zero-order valence-electron chi connectivity index (χ0n) is 15.2. The molecule has 140 valence electrons. The van der Waals surface area contributed by atoms with Crippen molar-refractivity contribution in [1.82, 2.24) is 5.32 Å². The lowest BCUT2D eigenvalue weighted by molar-refractivity contribution is -0.122. The lowest BCUT2D eigenvalue weighted by atomic mass is 10.1. The minimum absolute atomic E-state index is 0.152. The van der Waals surface area contributed by atoms with Crippen molar-refractivity contribution < 1.29 is 17.6 Å². The van der Waals surface area contributed by atoms with E-state index >= 15 is 0 Å². The lowest BCUT2D eigenvalue weighted by Gasteiger charge is -2.29. The second-order valence-electron chi connectivity index (χ2n) is 6.33. The number of para-hydroxylation sites is 1. The summed E-state index contributed by atoms with van der Waals surface area (Å²) < 4.78 is 39.3. The van der Waals surface area contributed by atoms with Crippen LogP contribution in [0.5, 0.6) is 0 Å². The first-order chi connectivity index (χ1) is 12.1. The molecule has 0 bridgehead atoms. The van der Waals surface area contributed by atoms with Gasteiger partial charge in [-0.05, 0) is 38.5 Å². The van der Waals surface area contributed by atoms with Crippen molar-refractivity contribution >= 4 is 21.6 Å². The van der Waals surface area contributed by atoms with Crippen LogP contribution in [0.25, 0.3) is 0 Å². The minimum Gasteiger partial charge on any atom is -0.348 e. The molecule has 2 aromatic carbocycles. The first-order valence-corrected chi connectivity index (χ1v) is 10.1. The van der Waals surface area contributed by atoms with Crippen molar-refractivity contribution in [2.45, 2.75) is 32.9 Å². The number of nitrogens with zero attached hydrogens (tertiary/aromatic N) is 1. The van der Waals surface area contributed by atoms with Crippen LogP contribution in [0.4, 0.5) is 10.1 Å². The Hall–Kier alpha value is -2.41. The molecule has 2 aromatic rings. The number of hydrogen-bond donors (Lipinski definition) is 1. The van der Waals surface area contributed by atoms with Crippen molar-refractivity contribution in [1.29, 1.82) is 0 Å². The van der Waals surface area contributed by atoms with Crippen molar-refractivity contribution in [3.05, 3.63) is 65.5 Å². The molecule has 0 spiro atoms. The zero-order valence-corrected chi connectivity index (χ0v) is 16.0.